The highest BCUT2D eigenvalue weighted by Crippen LogP contribution is 2.46. The van der Waals surface area contributed by atoms with E-state index in [0.29, 0.717) is 0 Å². The molecule has 1 aliphatic carbocycles. The Bertz CT molecular complexity index is 450. The number of nitrogens with zero attached hydrogens (tertiary/aromatic N) is 1. The number of thiophene rings is 1. The van der Waals surface area contributed by atoms with Gasteiger partial charge in [-0.2, -0.15) is 0 Å². The van der Waals surface area contributed by atoms with Crippen LogP contribution in [0.4, 0.5) is 0 Å². The van der Waals surface area contributed by atoms with Crippen LogP contribution >= 0.6 is 23.1 Å². The number of aryl methyl sites for hydroxylation is 2. The third kappa shape index (κ3) is 1.59. The second kappa shape index (κ2) is 3.77. The molecule has 1 atom stereocenters. The summed E-state index contributed by atoms with van der Waals surface area (Å²) in [5.74, 6) is 1.11. The zero-order valence-corrected chi connectivity index (χ0v) is 11.1. The summed E-state index contributed by atoms with van der Waals surface area (Å²) in [4.78, 5) is 7.76. The summed E-state index contributed by atoms with van der Waals surface area (Å²) in [5, 5.41) is 0.781. The predicted octanol–water partition coefficient (Wildman–Crippen LogP) is 3.04. The number of thioether (sulfide) groups is 1. The minimum absolute atomic E-state index is 0.0354. The van der Waals surface area contributed by atoms with E-state index in [4.69, 9.17) is 10.7 Å². The lowest BCUT2D eigenvalue weighted by Crippen LogP contribution is -2.34. The van der Waals surface area contributed by atoms with Crippen LogP contribution in [0, 0.1) is 6.92 Å². The molecule has 2 aliphatic rings. The molecule has 0 fully saturated rings. The third-order valence-electron chi connectivity index (χ3n) is 3.52. The third-order valence-corrected chi connectivity index (χ3v) is 5.42. The fraction of sp³-hybridized carbons (Fsp3) is 0.583. The van der Waals surface area contributed by atoms with Gasteiger partial charge in [0, 0.05) is 15.5 Å². The van der Waals surface area contributed by atoms with Gasteiger partial charge in [0.05, 0.1) is 5.54 Å². The van der Waals surface area contributed by atoms with Crippen LogP contribution in [0.15, 0.2) is 11.1 Å². The molecule has 2 heterocycles. The van der Waals surface area contributed by atoms with Crippen LogP contribution in [-0.2, 0) is 12.0 Å². The van der Waals surface area contributed by atoms with Crippen LogP contribution in [0.25, 0.3) is 0 Å². The SMILES string of the molecule is Cc1cc2c(s1)CCC[C@]21CCSC(N)=N1. The molecule has 1 aromatic rings. The lowest BCUT2D eigenvalue weighted by Gasteiger charge is -2.36. The number of rotatable bonds is 0. The molecule has 4 heteroatoms. The van der Waals surface area contributed by atoms with E-state index < -0.39 is 0 Å². The predicted molar refractivity (Wildman–Crippen MR) is 72.4 cm³/mol. The summed E-state index contributed by atoms with van der Waals surface area (Å²) >= 11 is 3.64. The van der Waals surface area contributed by atoms with Gasteiger partial charge in [0.25, 0.3) is 0 Å². The second-order valence-corrected chi connectivity index (χ2v) is 7.08. The Labute approximate surface area is 104 Å². The normalized spacial score (nSPS) is 28.9. The molecule has 0 unspecified atom stereocenters. The first kappa shape index (κ1) is 10.7. The molecular weight excluding hydrogens is 236 g/mol. The first-order valence-electron chi connectivity index (χ1n) is 5.77. The number of fused-ring (bicyclic) bond motifs is 2. The molecule has 3 rings (SSSR count). The summed E-state index contributed by atoms with van der Waals surface area (Å²) in [7, 11) is 0. The first-order chi connectivity index (χ1) is 7.70. The molecule has 1 aromatic heterocycles. The van der Waals surface area contributed by atoms with Crippen molar-refractivity contribution >= 4 is 28.3 Å². The Kier molecular flexibility index (Phi) is 2.51. The molecule has 0 amide bonds. The Morgan fingerprint density at radius 3 is 3.12 bits per heavy atom. The molecule has 2 nitrogen and oxygen atoms in total. The minimum atomic E-state index is 0.0354. The highest BCUT2D eigenvalue weighted by molar-refractivity contribution is 8.13. The molecule has 86 valence electrons. The number of hydrogen-bond donors (Lipinski definition) is 1. The highest BCUT2D eigenvalue weighted by Gasteiger charge is 2.39. The fourth-order valence-corrected chi connectivity index (χ4v) is 4.88. The summed E-state index contributed by atoms with van der Waals surface area (Å²) in [6, 6.07) is 2.34. The van der Waals surface area contributed by atoms with Gasteiger partial charge in [-0.25, -0.2) is 0 Å². The zero-order chi connectivity index (χ0) is 11.2. The van der Waals surface area contributed by atoms with Crippen molar-refractivity contribution in [2.75, 3.05) is 5.75 Å². The molecule has 0 radical (unpaired) electrons. The maximum Gasteiger partial charge on any atom is 0.154 e. The van der Waals surface area contributed by atoms with E-state index in [1.807, 2.05) is 11.3 Å². The lowest BCUT2D eigenvalue weighted by atomic mass is 9.78. The van der Waals surface area contributed by atoms with Crippen molar-refractivity contribution < 1.29 is 0 Å². The lowest BCUT2D eigenvalue weighted by molar-refractivity contribution is 0.367. The van der Waals surface area contributed by atoms with E-state index in [0.717, 1.165) is 17.3 Å². The van der Waals surface area contributed by atoms with Crippen molar-refractivity contribution in [2.24, 2.45) is 10.7 Å². The van der Waals surface area contributed by atoms with E-state index >= 15 is 0 Å². The minimum Gasteiger partial charge on any atom is -0.379 e. The van der Waals surface area contributed by atoms with Crippen LogP contribution in [0.5, 0.6) is 0 Å². The van der Waals surface area contributed by atoms with Crippen LogP contribution in [-0.4, -0.2) is 10.9 Å². The van der Waals surface area contributed by atoms with Crippen molar-refractivity contribution in [1.82, 2.24) is 0 Å². The van der Waals surface area contributed by atoms with Crippen molar-refractivity contribution in [3.8, 4) is 0 Å². The molecule has 0 saturated heterocycles. The van der Waals surface area contributed by atoms with Gasteiger partial charge in [-0.3, -0.25) is 4.99 Å². The summed E-state index contributed by atoms with van der Waals surface area (Å²) in [6.45, 7) is 2.20. The Morgan fingerprint density at radius 2 is 2.31 bits per heavy atom. The first-order valence-corrected chi connectivity index (χ1v) is 7.58. The van der Waals surface area contributed by atoms with Gasteiger partial charge in [0.1, 0.15) is 0 Å². The smallest absolute Gasteiger partial charge is 0.154 e. The number of nitrogens with two attached hydrogens (primary N) is 1. The van der Waals surface area contributed by atoms with Gasteiger partial charge in [0.2, 0.25) is 0 Å². The second-order valence-electron chi connectivity index (χ2n) is 4.63. The van der Waals surface area contributed by atoms with Crippen molar-refractivity contribution in [1.29, 1.82) is 0 Å². The van der Waals surface area contributed by atoms with E-state index in [1.54, 1.807) is 16.6 Å². The van der Waals surface area contributed by atoms with Gasteiger partial charge >= 0.3 is 0 Å². The highest BCUT2D eigenvalue weighted by atomic mass is 32.2. The van der Waals surface area contributed by atoms with Gasteiger partial charge in [-0.1, -0.05) is 11.8 Å². The molecule has 0 saturated carbocycles. The molecule has 0 bridgehead atoms. The zero-order valence-electron chi connectivity index (χ0n) is 9.45. The van der Waals surface area contributed by atoms with Crippen LogP contribution < -0.4 is 5.73 Å². The standard InChI is InChI=1S/C12H16N2S2/c1-8-7-9-10(16-8)3-2-4-12(9)5-6-15-11(13)14-12/h7H,2-6H2,1H3,(H2,13,14)/t12-/m0/s1. The van der Waals surface area contributed by atoms with Crippen LogP contribution in [0.3, 0.4) is 0 Å². The van der Waals surface area contributed by atoms with Gasteiger partial charge < -0.3 is 5.73 Å². The Hall–Kier alpha value is -0.480. The topological polar surface area (TPSA) is 38.4 Å². The fourth-order valence-electron chi connectivity index (χ4n) is 2.82. The Morgan fingerprint density at radius 1 is 1.44 bits per heavy atom. The van der Waals surface area contributed by atoms with Crippen molar-refractivity contribution in [2.45, 2.75) is 38.1 Å². The van der Waals surface area contributed by atoms with Gasteiger partial charge in [-0.15, -0.1) is 11.3 Å². The van der Waals surface area contributed by atoms with E-state index in [-0.39, 0.29) is 5.54 Å². The average Bonchev–Trinajstić information content (AvgIpc) is 2.60. The summed E-state index contributed by atoms with van der Waals surface area (Å²) in [6.07, 6.45) is 4.82. The van der Waals surface area contributed by atoms with Gasteiger partial charge in [-0.05, 0) is 44.2 Å². The van der Waals surface area contributed by atoms with E-state index in [1.165, 1.54) is 29.7 Å². The summed E-state index contributed by atoms with van der Waals surface area (Å²) < 4.78 is 0. The molecular formula is C12H16N2S2. The maximum absolute atomic E-state index is 5.92. The van der Waals surface area contributed by atoms with Gasteiger partial charge in [0.15, 0.2) is 5.17 Å². The number of hydrogen-bond acceptors (Lipinski definition) is 4. The molecule has 16 heavy (non-hydrogen) atoms. The van der Waals surface area contributed by atoms with Crippen molar-refractivity contribution in [3.63, 3.8) is 0 Å². The Balaban J connectivity index is 2.12. The largest absolute Gasteiger partial charge is 0.379 e. The van der Waals surface area contributed by atoms with Crippen LogP contribution in [0.2, 0.25) is 0 Å². The summed E-state index contributed by atoms with van der Waals surface area (Å²) in [5.41, 5.74) is 7.43. The molecule has 1 spiro atoms. The van der Waals surface area contributed by atoms with E-state index in [2.05, 4.69) is 13.0 Å². The number of amidine groups is 1. The molecule has 1 aliphatic heterocycles. The average molecular weight is 252 g/mol. The molecule has 2 N–H and O–H groups in total. The molecule has 0 aromatic carbocycles. The van der Waals surface area contributed by atoms with E-state index in [9.17, 15) is 0 Å². The maximum atomic E-state index is 5.92. The quantitative estimate of drug-likeness (QED) is 0.770. The number of aliphatic imine (C=N–C) groups is 1. The van der Waals surface area contributed by atoms with Crippen molar-refractivity contribution in [3.05, 3.63) is 21.4 Å². The monoisotopic (exact) mass is 252 g/mol. The van der Waals surface area contributed by atoms with Crippen LogP contribution in [0.1, 0.15) is 34.6 Å².